The molecule has 0 unspecified atom stereocenters. The van der Waals surface area contributed by atoms with Crippen LogP contribution in [0.4, 0.5) is 0 Å². The van der Waals surface area contributed by atoms with E-state index in [2.05, 4.69) is 28.2 Å². The lowest BCUT2D eigenvalue weighted by atomic mass is 9.91. The number of nitrogens with one attached hydrogen (secondary N) is 1. The molecule has 9 heteroatoms. The lowest BCUT2D eigenvalue weighted by Gasteiger charge is -2.32. The highest BCUT2D eigenvalue weighted by molar-refractivity contribution is 9.10. The minimum Gasteiger partial charge on any atom is -0.497 e. The molecular formula is C27H31BrN2O6. The summed E-state index contributed by atoms with van der Waals surface area (Å²) in [6, 6.07) is 8.14. The normalized spacial score (nSPS) is 21.8. The molecule has 5 N–H and O–H groups in total. The summed E-state index contributed by atoms with van der Waals surface area (Å²) in [5.41, 5.74) is 10.1. The molecular weight excluding hydrogens is 528 g/mol. The van der Waals surface area contributed by atoms with Crippen LogP contribution in [0.2, 0.25) is 0 Å². The average Bonchev–Trinajstić information content (AvgIpc) is 3.34. The van der Waals surface area contributed by atoms with E-state index in [9.17, 15) is 19.8 Å². The molecule has 2 aromatic rings. The number of halogens is 1. The predicted octanol–water partition coefficient (Wildman–Crippen LogP) is 2.27. The van der Waals surface area contributed by atoms with E-state index in [1.807, 2.05) is 6.07 Å². The van der Waals surface area contributed by atoms with E-state index in [0.717, 1.165) is 34.9 Å². The van der Waals surface area contributed by atoms with Crippen LogP contribution in [0.15, 0.2) is 46.5 Å². The Morgan fingerprint density at radius 2 is 1.89 bits per heavy atom. The first kappa shape index (κ1) is 26.2. The van der Waals surface area contributed by atoms with E-state index in [0.29, 0.717) is 11.5 Å². The molecule has 0 saturated carbocycles. The lowest BCUT2D eigenvalue weighted by molar-refractivity contribution is -0.126. The predicted molar refractivity (Wildman–Crippen MR) is 138 cm³/mol. The summed E-state index contributed by atoms with van der Waals surface area (Å²) in [4.78, 5) is 25.2. The topological polar surface area (TPSA) is 131 Å². The molecule has 2 aliphatic carbocycles. The van der Waals surface area contributed by atoms with Crippen molar-refractivity contribution >= 4 is 27.7 Å². The Labute approximate surface area is 218 Å². The van der Waals surface area contributed by atoms with Gasteiger partial charge >= 0.3 is 0 Å². The van der Waals surface area contributed by atoms with Gasteiger partial charge in [-0.1, -0.05) is 12.1 Å². The quantitative estimate of drug-likeness (QED) is 0.393. The summed E-state index contributed by atoms with van der Waals surface area (Å²) in [5, 5.41) is 23.8. The van der Waals surface area contributed by atoms with Gasteiger partial charge in [0.15, 0.2) is 0 Å². The number of carbonyl (C=O) groups is 2. The minimum absolute atomic E-state index is 0.0753. The van der Waals surface area contributed by atoms with E-state index < -0.39 is 36.2 Å². The van der Waals surface area contributed by atoms with Crippen molar-refractivity contribution in [2.75, 3.05) is 7.11 Å². The maximum Gasteiger partial charge on any atom is 0.247 e. The number of aryl methyl sites for hydroxylation is 1. The van der Waals surface area contributed by atoms with Crippen molar-refractivity contribution in [3.05, 3.63) is 68.7 Å². The number of carbonyl (C=O) groups excluding carboxylic acids is 2. The Morgan fingerprint density at radius 3 is 2.56 bits per heavy atom. The fourth-order valence-electron chi connectivity index (χ4n) is 4.85. The Balaban J connectivity index is 1.53. The van der Waals surface area contributed by atoms with Crippen LogP contribution < -0.4 is 20.5 Å². The van der Waals surface area contributed by atoms with Gasteiger partial charge in [0.25, 0.3) is 0 Å². The van der Waals surface area contributed by atoms with Crippen molar-refractivity contribution in [1.29, 1.82) is 0 Å². The van der Waals surface area contributed by atoms with Gasteiger partial charge in [-0.2, -0.15) is 0 Å². The van der Waals surface area contributed by atoms with E-state index in [1.54, 1.807) is 31.4 Å². The van der Waals surface area contributed by atoms with Crippen LogP contribution in [0.3, 0.4) is 0 Å². The number of fused-ring (bicyclic) bond motifs is 1. The molecule has 0 aliphatic heterocycles. The summed E-state index contributed by atoms with van der Waals surface area (Å²) >= 11 is 3.57. The second-order valence-corrected chi connectivity index (χ2v) is 10.2. The molecule has 4 rings (SSSR count). The minimum atomic E-state index is -1.21. The summed E-state index contributed by atoms with van der Waals surface area (Å²) in [6.07, 6.45) is 1.14. The van der Waals surface area contributed by atoms with Crippen molar-refractivity contribution < 1.29 is 29.3 Å². The molecule has 4 atom stereocenters. The van der Waals surface area contributed by atoms with Gasteiger partial charge in [0.05, 0.1) is 17.7 Å². The summed E-state index contributed by atoms with van der Waals surface area (Å²) < 4.78 is 12.1. The first-order chi connectivity index (χ1) is 17.2. The molecule has 0 bridgehead atoms. The number of methoxy groups -OCH3 is 1. The molecule has 8 nitrogen and oxygen atoms in total. The number of ether oxygens (including phenoxy) is 2. The molecule has 0 radical (unpaired) electrons. The number of benzene rings is 2. The Hall–Kier alpha value is -2.88. The lowest BCUT2D eigenvalue weighted by Crippen LogP contribution is -2.49. The van der Waals surface area contributed by atoms with Gasteiger partial charge in [0.1, 0.15) is 29.7 Å². The molecule has 2 aromatic carbocycles. The number of hydrogen-bond acceptors (Lipinski definition) is 6. The zero-order valence-corrected chi connectivity index (χ0v) is 21.9. The van der Waals surface area contributed by atoms with E-state index in [1.165, 1.54) is 17.2 Å². The molecule has 192 valence electrons. The smallest absolute Gasteiger partial charge is 0.247 e. The van der Waals surface area contributed by atoms with Crippen LogP contribution in [0.1, 0.15) is 35.1 Å². The van der Waals surface area contributed by atoms with Gasteiger partial charge in [0.2, 0.25) is 11.8 Å². The second-order valence-electron chi connectivity index (χ2n) is 9.33. The number of amides is 2. The standard InChI is InChI=1S/C27H31BrN2O6/c1-14-10-20(28)25(19-5-3-4-18(14)19)36-23-13-16(12-22(31)24(23)32)27(34)30-21(26(29)33)11-15-6-8-17(35-2)9-7-15/h6-10,13,21-24,31-32H,3-5,11-12H2,1-2H3,(H2,29,33)(H,30,34)/t21-,22+,23+,24+/m0/s1. The highest BCUT2D eigenvalue weighted by Crippen LogP contribution is 2.40. The molecule has 36 heavy (non-hydrogen) atoms. The Bertz CT molecular complexity index is 1180. The van der Waals surface area contributed by atoms with Crippen LogP contribution in [-0.2, 0) is 28.9 Å². The van der Waals surface area contributed by atoms with Gasteiger partial charge in [-0.05, 0) is 88.6 Å². The summed E-state index contributed by atoms with van der Waals surface area (Å²) in [7, 11) is 1.56. The van der Waals surface area contributed by atoms with Crippen LogP contribution in [0.5, 0.6) is 11.5 Å². The first-order valence-corrected chi connectivity index (χ1v) is 12.7. The average molecular weight is 559 g/mol. The number of aliphatic hydroxyl groups excluding tert-OH is 2. The monoisotopic (exact) mass is 558 g/mol. The molecule has 0 aromatic heterocycles. The molecule has 2 amide bonds. The van der Waals surface area contributed by atoms with Gasteiger partial charge in [-0.15, -0.1) is 0 Å². The Morgan fingerprint density at radius 1 is 1.19 bits per heavy atom. The van der Waals surface area contributed by atoms with Crippen molar-refractivity contribution in [3.63, 3.8) is 0 Å². The fourth-order valence-corrected chi connectivity index (χ4v) is 5.53. The van der Waals surface area contributed by atoms with Gasteiger partial charge in [-0.25, -0.2) is 0 Å². The highest BCUT2D eigenvalue weighted by atomic mass is 79.9. The van der Waals surface area contributed by atoms with Crippen LogP contribution in [0.25, 0.3) is 0 Å². The Kier molecular flexibility index (Phi) is 8.02. The third kappa shape index (κ3) is 5.58. The fraction of sp³-hybridized carbons (Fsp3) is 0.407. The number of nitrogens with two attached hydrogens (primary N) is 1. The van der Waals surface area contributed by atoms with Crippen LogP contribution in [0, 0.1) is 6.92 Å². The van der Waals surface area contributed by atoms with Gasteiger partial charge in [0, 0.05) is 18.4 Å². The number of rotatable bonds is 8. The maximum absolute atomic E-state index is 13.1. The second kappa shape index (κ2) is 11.0. The molecule has 0 spiro atoms. The van der Waals surface area contributed by atoms with Crippen molar-refractivity contribution in [2.45, 2.75) is 63.4 Å². The molecule has 0 heterocycles. The summed E-state index contributed by atoms with van der Waals surface area (Å²) in [5.74, 6) is 0.0789. The zero-order valence-electron chi connectivity index (χ0n) is 20.3. The zero-order chi connectivity index (χ0) is 26.0. The highest BCUT2D eigenvalue weighted by Gasteiger charge is 2.36. The SMILES string of the molecule is COc1ccc(C[C@H](NC(=O)C2=C[C@@H](Oc3c(Br)cc(C)c4c3CCC4)[C@H](O)[C@H](O)C2)C(N)=O)cc1. The van der Waals surface area contributed by atoms with Crippen molar-refractivity contribution in [3.8, 4) is 11.5 Å². The third-order valence-corrected chi connectivity index (χ3v) is 7.44. The summed E-state index contributed by atoms with van der Waals surface area (Å²) in [6.45, 7) is 2.06. The molecule has 0 saturated heterocycles. The number of primary amides is 1. The first-order valence-electron chi connectivity index (χ1n) is 11.9. The van der Waals surface area contributed by atoms with Crippen LogP contribution >= 0.6 is 15.9 Å². The molecule has 2 aliphatic rings. The third-order valence-electron chi connectivity index (χ3n) is 6.85. The van der Waals surface area contributed by atoms with Gasteiger partial charge < -0.3 is 30.7 Å². The van der Waals surface area contributed by atoms with E-state index in [-0.39, 0.29) is 18.4 Å². The van der Waals surface area contributed by atoms with Crippen molar-refractivity contribution in [2.24, 2.45) is 5.73 Å². The van der Waals surface area contributed by atoms with Gasteiger partial charge in [-0.3, -0.25) is 9.59 Å². The van der Waals surface area contributed by atoms with E-state index >= 15 is 0 Å². The number of hydrogen-bond donors (Lipinski definition) is 4. The van der Waals surface area contributed by atoms with Crippen LogP contribution in [-0.4, -0.2) is 53.5 Å². The molecule has 0 fully saturated rings. The largest absolute Gasteiger partial charge is 0.497 e. The number of aliphatic hydroxyl groups is 2. The van der Waals surface area contributed by atoms with Crippen molar-refractivity contribution in [1.82, 2.24) is 5.32 Å². The maximum atomic E-state index is 13.1. The van der Waals surface area contributed by atoms with E-state index in [4.69, 9.17) is 15.2 Å².